The Balaban J connectivity index is 1.83. The van der Waals surface area contributed by atoms with Gasteiger partial charge in [-0.05, 0) is 30.0 Å². The molecule has 0 N–H and O–H groups in total. The van der Waals surface area contributed by atoms with Gasteiger partial charge in [-0.2, -0.15) is 0 Å². The molecular weight excluding hydrogens is 330 g/mol. The van der Waals surface area contributed by atoms with Gasteiger partial charge in [-0.1, -0.05) is 61.8 Å². The number of hydrogen-bond acceptors (Lipinski definition) is 3. The SMILES string of the molecule is CC(C)CCN1C2=NCCN2C(c2ccccc2)c2ccc(Cl)cc21. The highest BCUT2D eigenvalue weighted by molar-refractivity contribution is 6.31. The number of halogens is 1. The van der Waals surface area contributed by atoms with Crippen LogP contribution in [-0.2, 0) is 0 Å². The molecule has 130 valence electrons. The van der Waals surface area contributed by atoms with E-state index in [1.807, 2.05) is 6.07 Å². The van der Waals surface area contributed by atoms with Gasteiger partial charge in [0, 0.05) is 23.7 Å². The summed E-state index contributed by atoms with van der Waals surface area (Å²) in [4.78, 5) is 9.67. The number of guanidine groups is 1. The number of aliphatic imine (C=N–C) groups is 1. The molecule has 3 nitrogen and oxygen atoms in total. The van der Waals surface area contributed by atoms with Crippen LogP contribution in [0.3, 0.4) is 0 Å². The predicted octanol–water partition coefficient (Wildman–Crippen LogP) is 4.97. The lowest BCUT2D eigenvalue weighted by atomic mass is 9.93. The molecule has 2 aromatic carbocycles. The zero-order valence-corrected chi connectivity index (χ0v) is 15.6. The molecule has 0 amide bonds. The van der Waals surface area contributed by atoms with Crippen molar-refractivity contribution in [2.24, 2.45) is 10.9 Å². The second-order valence-corrected chi connectivity index (χ2v) is 7.66. The predicted molar refractivity (Wildman–Crippen MR) is 106 cm³/mol. The fourth-order valence-electron chi connectivity index (χ4n) is 3.79. The van der Waals surface area contributed by atoms with Gasteiger partial charge in [-0.3, -0.25) is 4.99 Å². The molecule has 1 atom stereocenters. The molecule has 2 aliphatic rings. The molecule has 0 bridgehead atoms. The first-order valence-corrected chi connectivity index (χ1v) is 9.46. The maximum atomic E-state index is 6.36. The van der Waals surface area contributed by atoms with Crippen molar-refractivity contribution in [2.75, 3.05) is 24.5 Å². The summed E-state index contributed by atoms with van der Waals surface area (Å²) in [5.74, 6) is 1.76. The summed E-state index contributed by atoms with van der Waals surface area (Å²) in [5, 5.41) is 0.784. The smallest absolute Gasteiger partial charge is 0.202 e. The van der Waals surface area contributed by atoms with Crippen molar-refractivity contribution in [3.05, 3.63) is 64.7 Å². The van der Waals surface area contributed by atoms with Crippen molar-refractivity contribution in [2.45, 2.75) is 26.3 Å². The van der Waals surface area contributed by atoms with E-state index in [1.165, 1.54) is 16.8 Å². The van der Waals surface area contributed by atoms with E-state index in [4.69, 9.17) is 16.6 Å². The Hall–Kier alpha value is -2.00. The van der Waals surface area contributed by atoms with Crippen LogP contribution in [0.4, 0.5) is 5.69 Å². The first-order valence-electron chi connectivity index (χ1n) is 9.08. The minimum Gasteiger partial charge on any atom is -0.329 e. The van der Waals surface area contributed by atoms with E-state index in [-0.39, 0.29) is 6.04 Å². The Morgan fingerprint density at radius 3 is 2.72 bits per heavy atom. The molecule has 4 heteroatoms. The fraction of sp³-hybridized carbons (Fsp3) is 0.381. The van der Waals surface area contributed by atoms with E-state index in [1.54, 1.807) is 0 Å². The van der Waals surface area contributed by atoms with E-state index in [0.717, 1.165) is 37.0 Å². The van der Waals surface area contributed by atoms with Crippen molar-refractivity contribution in [3.63, 3.8) is 0 Å². The van der Waals surface area contributed by atoms with E-state index < -0.39 is 0 Å². The molecule has 0 fully saturated rings. The zero-order chi connectivity index (χ0) is 17.4. The minimum atomic E-state index is 0.213. The second-order valence-electron chi connectivity index (χ2n) is 7.23. The van der Waals surface area contributed by atoms with Crippen LogP contribution in [0.25, 0.3) is 0 Å². The zero-order valence-electron chi connectivity index (χ0n) is 14.8. The maximum absolute atomic E-state index is 6.36. The molecule has 1 unspecified atom stereocenters. The topological polar surface area (TPSA) is 18.8 Å². The Labute approximate surface area is 154 Å². The summed E-state index contributed by atoms with van der Waals surface area (Å²) in [6.07, 6.45) is 1.13. The Bertz CT molecular complexity index is 785. The van der Waals surface area contributed by atoms with Gasteiger partial charge in [-0.25, -0.2) is 0 Å². The molecule has 2 heterocycles. The highest BCUT2D eigenvalue weighted by Gasteiger charge is 2.38. The number of rotatable bonds is 4. The van der Waals surface area contributed by atoms with E-state index in [2.05, 4.69) is 66.1 Å². The lowest BCUT2D eigenvalue weighted by Crippen LogP contribution is -2.49. The molecule has 0 spiro atoms. The van der Waals surface area contributed by atoms with Crippen molar-refractivity contribution in [1.82, 2.24) is 4.90 Å². The fourth-order valence-corrected chi connectivity index (χ4v) is 3.96. The summed E-state index contributed by atoms with van der Waals surface area (Å²) >= 11 is 6.36. The molecular formula is C21H24ClN3. The van der Waals surface area contributed by atoms with Crippen LogP contribution in [0.5, 0.6) is 0 Å². The third kappa shape index (κ3) is 3.02. The van der Waals surface area contributed by atoms with Gasteiger partial charge in [-0.15, -0.1) is 0 Å². The summed E-state index contributed by atoms with van der Waals surface area (Å²) in [6.45, 7) is 7.34. The second kappa shape index (κ2) is 6.72. The number of hydrogen-bond donors (Lipinski definition) is 0. The first-order chi connectivity index (χ1) is 12.1. The van der Waals surface area contributed by atoms with Crippen molar-refractivity contribution in [3.8, 4) is 0 Å². The number of anilines is 1. The van der Waals surface area contributed by atoms with E-state index in [9.17, 15) is 0 Å². The summed E-state index contributed by atoms with van der Waals surface area (Å²) in [6, 6.07) is 17.2. The molecule has 4 rings (SSSR count). The van der Waals surface area contributed by atoms with E-state index in [0.29, 0.717) is 5.92 Å². The standard InChI is InChI=1S/C21H24ClN3/c1-15(2)10-12-24-19-14-17(22)8-9-18(19)20(16-6-4-3-5-7-16)25-13-11-23-21(24)25/h3-9,14-15,20H,10-13H2,1-2H3. The molecule has 2 aromatic rings. The average molecular weight is 354 g/mol. The van der Waals surface area contributed by atoms with Gasteiger partial charge in [0.2, 0.25) is 5.96 Å². The molecule has 0 aliphatic carbocycles. The quantitative estimate of drug-likeness (QED) is 0.773. The molecule has 0 saturated heterocycles. The lowest BCUT2D eigenvalue weighted by molar-refractivity contribution is 0.372. The van der Waals surface area contributed by atoms with Gasteiger partial charge < -0.3 is 9.80 Å². The van der Waals surface area contributed by atoms with E-state index >= 15 is 0 Å². The van der Waals surface area contributed by atoms with Gasteiger partial charge in [0.1, 0.15) is 0 Å². The lowest BCUT2D eigenvalue weighted by Gasteiger charge is -2.43. The molecule has 0 radical (unpaired) electrons. The van der Waals surface area contributed by atoms with Crippen molar-refractivity contribution < 1.29 is 0 Å². The van der Waals surface area contributed by atoms with Crippen molar-refractivity contribution >= 4 is 23.2 Å². The number of nitrogens with zero attached hydrogens (tertiary/aromatic N) is 3. The highest BCUT2D eigenvalue weighted by Crippen LogP contribution is 2.42. The van der Waals surface area contributed by atoms with Crippen LogP contribution in [-0.4, -0.2) is 30.5 Å². The largest absolute Gasteiger partial charge is 0.329 e. The van der Waals surface area contributed by atoms with Crippen LogP contribution in [0.2, 0.25) is 5.02 Å². The van der Waals surface area contributed by atoms with Gasteiger partial charge in [0.15, 0.2) is 0 Å². The van der Waals surface area contributed by atoms with Crippen molar-refractivity contribution in [1.29, 1.82) is 0 Å². The molecule has 25 heavy (non-hydrogen) atoms. The Kier molecular flexibility index (Phi) is 4.43. The van der Waals surface area contributed by atoms with Gasteiger partial charge >= 0.3 is 0 Å². The average Bonchev–Trinajstić information content (AvgIpc) is 3.08. The Morgan fingerprint density at radius 2 is 1.96 bits per heavy atom. The van der Waals surface area contributed by atoms with Gasteiger partial charge in [0.05, 0.1) is 18.3 Å². The number of benzene rings is 2. The summed E-state index contributed by atoms with van der Waals surface area (Å²) in [7, 11) is 0. The highest BCUT2D eigenvalue weighted by atomic mass is 35.5. The minimum absolute atomic E-state index is 0.213. The summed E-state index contributed by atoms with van der Waals surface area (Å²) in [5.41, 5.74) is 3.84. The van der Waals surface area contributed by atoms with Crippen LogP contribution in [0.1, 0.15) is 37.4 Å². The van der Waals surface area contributed by atoms with Crippen LogP contribution >= 0.6 is 11.6 Å². The van der Waals surface area contributed by atoms with Crippen LogP contribution in [0.15, 0.2) is 53.5 Å². The third-order valence-corrected chi connectivity index (χ3v) is 5.26. The first kappa shape index (κ1) is 16.5. The van der Waals surface area contributed by atoms with Crippen LogP contribution < -0.4 is 4.90 Å². The molecule has 2 aliphatic heterocycles. The normalized spacial score (nSPS) is 19.0. The monoisotopic (exact) mass is 353 g/mol. The molecule has 0 aromatic heterocycles. The summed E-state index contributed by atoms with van der Waals surface area (Å²) < 4.78 is 0. The maximum Gasteiger partial charge on any atom is 0.202 e. The third-order valence-electron chi connectivity index (χ3n) is 5.03. The van der Waals surface area contributed by atoms with Crippen LogP contribution in [0, 0.1) is 5.92 Å². The van der Waals surface area contributed by atoms with Gasteiger partial charge in [0.25, 0.3) is 0 Å². The number of fused-ring (bicyclic) bond motifs is 2. The molecule has 0 saturated carbocycles. The Morgan fingerprint density at radius 1 is 1.16 bits per heavy atom.